The number of rotatable bonds is 5. The van der Waals surface area contributed by atoms with Crippen LogP contribution in [0.15, 0.2) is 40.3 Å². The van der Waals surface area contributed by atoms with Crippen molar-refractivity contribution in [2.75, 3.05) is 6.61 Å². The van der Waals surface area contributed by atoms with Gasteiger partial charge in [0.2, 0.25) is 0 Å². The molecule has 0 aromatic carbocycles. The van der Waals surface area contributed by atoms with Crippen LogP contribution in [0.2, 0.25) is 0 Å². The lowest BCUT2D eigenvalue weighted by atomic mass is 10.1. The average Bonchev–Trinajstić information content (AvgIpc) is 2.51. The third-order valence-electron chi connectivity index (χ3n) is 3.14. The van der Waals surface area contributed by atoms with Gasteiger partial charge in [0.25, 0.3) is 11.5 Å². The summed E-state index contributed by atoms with van der Waals surface area (Å²) in [6.45, 7) is -0.280. The molecule has 0 radical (unpaired) electrons. The minimum absolute atomic E-state index is 0.185. The Morgan fingerprint density at radius 2 is 2.09 bits per heavy atom. The van der Waals surface area contributed by atoms with E-state index in [-0.39, 0.29) is 12.2 Å². The predicted molar refractivity (Wildman–Crippen MR) is 78.6 cm³/mol. The number of carbonyl (C=O) groups is 1. The smallest absolute Gasteiger partial charge is 0.328 e. The van der Waals surface area contributed by atoms with Gasteiger partial charge in [-0.05, 0) is 24.1 Å². The van der Waals surface area contributed by atoms with E-state index >= 15 is 0 Å². The minimum atomic E-state index is -0.763. The number of hydrogen-bond acceptors (Lipinski definition) is 5. The molecule has 22 heavy (non-hydrogen) atoms. The van der Waals surface area contributed by atoms with Crippen LogP contribution < -0.4 is 16.6 Å². The van der Waals surface area contributed by atoms with E-state index in [0.717, 1.165) is 16.3 Å². The molecule has 0 fully saturated rings. The van der Waals surface area contributed by atoms with Crippen LogP contribution in [0.25, 0.3) is 0 Å². The Morgan fingerprint density at radius 1 is 1.41 bits per heavy atom. The van der Waals surface area contributed by atoms with Crippen LogP contribution in [0.4, 0.5) is 0 Å². The summed E-state index contributed by atoms with van der Waals surface area (Å²) in [5.74, 6) is -0.648. The van der Waals surface area contributed by atoms with Gasteiger partial charge < -0.3 is 15.0 Å². The van der Waals surface area contributed by atoms with Crippen LogP contribution in [0, 0.1) is 0 Å². The van der Waals surface area contributed by atoms with Gasteiger partial charge >= 0.3 is 5.69 Å². The average molecular weight is 304 g/mol. The van der Waals surface area contributed by atoms with Gasteiger partial charge in [0.05, 0.1) is 12.6 Å². The first-order valence-corrected chi connectivity index (χ1v) is 6.62. The zero-order chi connectivity index (χ0) is 16.1. The van der Waals surface area contributed by atoms with Crippen LogP contribution in [0.1, 0.15) is 15.9 Å². The molecule has 8 nitrogen and oxygen atoms in total. The van der Waals surface area contributed by atoms with E-state index in [0.29, 0.717) is 6.42 Å². The fraction of sp³-hybridized carbons (Fsp3) is 0.286. The normalized spacial score (nSPS) is 11.9. The van der Waals surface area contributed by atoms with Gasteiger partial charge in [0, 0.05) is 25.6 Å². The number of pyridine rings is 1. The molecule has 2 aromatic rings. The van der Waals surface area contributed by atoms with Crippen LogP contribution in [0.5, 0.6) is 0 Å². The number of aryl methyl sites for hydroxylation is 1. The molecule has 2 heterocycles. The Kier molecular flexibility index (Phi) is 4.84. The third-order valence-corrected chi connectivity index (χ3v) is 3.14. The Morgan fingerprint density at radius 3 is 2.73 bits per heavy atom. The quantitative estimate of drug-likeness (QED) is 0.641. The largest absolute Gasteiger partial charge is 0.394 e. The SMILES string of the molecule is Cn1cc(C(=O)NC(CO)Cc2ccncc2)c(=O)[nH]c1=O. The highest BCUT2D eigenvalue weighted by Crippen LogP contribution is 2.02. The maximum absolute atomic E-state index is 12.1. The molecule has 0 saturated heterocycles. The molecule has 2 rings (SSSR count). The highest BCUT2D eigenvalue weighted by atomic mass is 16.3. The number of amides is 1. The molecule has 1 atom stereocenters. The Hall–Kier alpha value is -2.74. The fourth-order valence-electron chi connectivity index (χ4n) is 1.95. The molecule has 1 amide bonds. The summed E-state index contributed by atoms with van der Waals surface area (Å²) in [5, 5.41) is 12.0. The van der Waals surface area contributed by atoms with Crippen molar-refractivity contribution in [2.24, 2.45) is 7.05 Å². The van der Waals surface area contributed by atoms with E-state index in [1.807, 2.05) is 4.98 Å². The maximum Gasteiger partial charge on any atom is 0.328 e. The van der Waals surface area contributed by atoms with Crippen LogP contribution in [-0.4, -0.2) is 38.2 Å². The fourth-order valence-corrected chi connectivity index (χ4v) is 1.95. The van der Waals surface area contributed by atoms with Gasteiger partial charge in [0.1, 0.15) is 5.56 Å². The second kappa shape index (κ2) is 6.81. The number of aliphatic hydroxyl groups is 1. The van der Waals surface area contributed by atoms with Gasteiger partial charge in [0.15, 0.2) is 0 Å². The number of nitrogens with one attached hydrogen (secondary N) is 2. The van der Waals surface area contributed by atoms with Crippen molar-refractivity contribution in [3.05, 3.63) is 62.7 Å². The number of aromatic amines is 1. The van der Waals surface area contributed by atoms with Gasteiger partial charge in [-0.2, -0.15) is 0 Å². The van der Waals surface area contributed by atoms with Crippen molar-refractivity contribution in [1.82, 2.24) is 19.9 Å². The molecular formula is C14H16N4O4. The van der Waals surface area contributed by atoms with Crippen LogP contribution in [0.3, 0.4) is 0 Å². The number of carbonyl (C=O) groups excluding carboxylic acids is 1. The van der Waals surface area contributed by atoms with E-state index < -0.39 is 23.2 Å². The summed E-state index contributed by atoms with van der Waals surface area (Å²) in [7, 11) is 1.43. The van der Waals surface area contributed by atoms with Crippen molar-refractivity contribution in [2.45, 2.75) is 12.5 Å². The lowest BCUT2D eigenvalue weighted by Crippen LogP contribution is -2.42. The molecule has 0 aliphatic rings. The van der Waals surface area contributed by atoms with Crippen molar-refractivity contribution in [3.63, 3.8) is 0 Å². The van der Waals surface area contributed by atoms with E-state index in [4.69, 9.17) is 0 Å². The summed E-state index contributed by atoms with van der Waals surface area (Å²) < 4.78 is 1.10. The number of nitrogens with zero attached hydrogens (tertiary/aromatic N) is 2. The summed E-state index contributed by atoms with van der Waals surface area (Å²) >= 11 is 0. The third kappa shape index (κ3) is 3.67. The lowest BCUT2D eigenvalue weighted by molar-refractivity contribution is 0.0914. The first-order chi connectivity index (χ1) is 10.5. The molecule has 2 aromatic heterocycles. The Bertz CT molecular complexity index is 766. The monoisotopic (exact) mass is 304 g/mol. The molecule has 0 aliphatic carbocycles. The second-order valence-electron chi connectivity index (χ2n) is 4.83. The standard InChI is InChI=1S/C14H16N4O4/c1-18-7-11(13(21)17-14(18)22)12(20)16-10(8-19)6-9-2-4-15-5-3-9/h2-5,7,10,19H,6,8H2,1H3,(H,16,20)(H,17,21,22). The zero-order valence-electron chi connectivity index (χ0n) is 11.9. The van der Waals surface area contributed by atoms with Crippen molar-refractivity contribution in [3.8, 4) is 0 Å². The Balaban J connectivity index is 2.14. The lowest BCUT2D eigenvalue weighted by Gasteiger charge is -2.16. The number of hydrogen-bond donors (Lipinski definition) is 3. The number of aliphatic hydroxyl groups excluding tert-OH is 1. The van der Waals surface area contributed by atoms with Crippen molar-refractivity contribution < 1.29 is 9.90 Å². The first-order valence-electron chi connectivity index (χ1n) is 6.62. The minimum Gasteiger partial charge on any atom is -0.394 e. The van der Waals surface area contributed by atoms with Gasteiger partial charge in [-0.3, -0.25) is 19.6 Å². The van der Waals surface area contributed by atoms with Crippen LogP contribution >= 0.6 is 0 Å². The first kappa shape index (κ1) is 15.6. The molecule has 0 bridgehead atoms. The predicted octanol–water partition coefficient (Wildman–Crippen LogP) is -1.20. The van der Waals surface area contributed by atoms with Gasteiger partial charge in [-0.15, -0.1) is 0 Å². The van der Waals surface area contributed by atoms with E-state index in [2.05, 4.69) is 10.3 Å². The summed E-state index contributed by atoms with van der Waals surface area (Å²) in [4.78, 5) is 41.0. The molecule has 0 aliphatic heterocycles. The molecule has 0 saturated carbocycles. The molecule has 1 unspecified atom stereocenters. The van der Waals surface area contributed by atoms with Crippen molar-refractivity contribution in [1.29, 1.82) is 0 Å². The zero-order valence-corrected chi connectivity index (χ0v) is 11.9. The maximum atomic E-state index is 12.1. The van der Waals surface area contributed by atoms with Gasteiger partial charge in [-0.1, -0.05) is 0 Å². The summed E-state index contributed by atoms with van der Waals surface area (Å²) in [5.41, 5.74) is -0.655. The molecule has 116 valence electrons. The second-order valence-corrected chi connectivity index (χ2v) is 4.83. The van der Waals surface area contributed by atoms with E-state index in [9.17, 15) is 19.5 Å². The topological polar surface area (TPSA) is 117 Å². The van der Waals surface area contributed by atoms with Crippen molar-refractivity contribution >= 4 is 5.91 Å². The van der Waals surface area contributed by atoms with Gasteiger partial charge in [-0.25, -0.2) is 4.79 Å². The molecule has 0 spiro atoms. The van der Waals surface area contributed by atoms with E-state index in [1.165, 1.54) is 7.05 Å². The number of H-pyrrole nitrogens is 1. The highest BCUT2D eigenvalue weighted by Gasteiger charge is 2.17. The molecule has 8 heteroatoms. The molecular weight excluding hydrogens is 288 g/mol. The Labute approximate surface area is 125 Å². The molecule has 3 N–H and O–H groups in total. The van der Waals surface area contributed by atoms with E-state index in [1.54, 1.807) is 24.5 Å². The van der Waals surface area contributed by atoms with Crippen LogP contribution in [-0.2, 0) is 13.5 Å². The highest BCUT2D eigenvalue weighted by molar-refractivity contribution is 5.93. The number of aromatic nitrogens is 3. The summed E-state index contributed by atoms with van der Waals surface area (Å²) in [6.07, 6.45) is 4.79. The summed E-state index contributed by atoms with van der Waals surface area (Å²) in [6, 6.07) is 2.99.